The Kier molecular flexibility index (Phi) is 3.09. The van der Waals surface area contributed by atoms with Crippen LogP contribution in [0.15, 0.2) is 40.4 Å². The normalized spacial score (nSPS) is 11.2. The molecule has 0 saturated carbocycles. The van der Waals surface area contributed by atoms with Gasteiger partial charge in [-0.1, -0.05) is 0 Å². The van der Waals surface area contributed by atoms with Crippen molar-refractivity contribution in [2.24, 2.45) is 0 Å². The summed E-state index contributed by atoms with van der Waals surface area (Å²) in [6.07, 6.45) is 2.90. The van der Waals surface area contributed by atoms with E-state index < -0.39 is 0 Å². The van der Waals surface area contributed by atoms with Gasteiger partial charge in [0.15, 0.2) is 0 Å². The van der Waals surface area contributed by atoms with E-state index in [1.807, 2.05) is 24.5 Å². The zero-order valence-electron chi connectivity index (χ0n) is 9.64. The molecule has 92 valence electrons. The molecule has 5 heteroatoms. The number of aryl methyl sites for hydroxylation is 2. The lowest BCUT2D eigenvalue weighted by Gasteiger charge is -2.03. The summed E-state index contributed by atoms with van der Waals surface area (Å²) in [5, 5.41) is 0. The predicted molar refractivity (Wildman–Crippen MR) is 79.9 cm³/mol. The number of hydrogen-bond acceptors (Lipinski definition) is 3. The molecule has 0 fully saturated rings. The summed E-state index contributed by atoms with van der Waals surface area (Å²) in [5.74, 6) is 0. The fourth-order valence-corrected chi connectivity index (χ4v) is 3.45. The smallest absolute Gasteiger partial charge is 0.0958 e. The molecule has 2 aromatic heterocycles. The average Bonchev–Trinajstić information content (AvgIpc) is 2.92. The van der Waals surface area contributed by atoms with Crippen LogP contribution in [0, 0.1) is 0 Å². The first-order valence-corrected chi connectivity index (χ1v) is 7.28. The number of aromatic nitrogens is 2. The molecule has 0 aliphatic carbocycles. The highest BCUT2D eigenvalue weighted by Gasteiger charge is 2.04. The van der Waals surface area contributed by atoms with E-state index in [4.69, 9.17) is 5.73 Å². The van der Waals surface area contributed by atoms with Gasteiger partial charge < -0.3 is 10.3 Å². The van der Waals surface area contributed by atoms with Gasteiger partial charge in [0.2, 0.25) is 0 Å². The second kappa shape index (κ2) is 4.74. The molecule has 0 atom stereocenters. The molecule has 18 heavy (non-hydrogen) atoms. The van der Waals surface area contributed by atoms with E-state index in [-0.39, 0.29) is 0 Å². The second-order valence-corrected chi connectivity index (χ2v) is 6.69. The Morgan fingerprint density at radius 2 is 2.17 bits per heavy atom. The fraction of sp³-hybridized carbons (Fsp3) is 0.154. The van der Waals surface area contributed by atoms with Gasteiger partial charge >= 0.3 is 0 Å². The minimum Gasteiger partial charge on any atom is -0.399 e. The molecule has 3 aromatic rings. The summed E-state index contributed by atoms with van der Waals surface area (Å²) in [6.45, 7) is 0.938. The van der Waals surface area contributed by atoms with Gasteiger partial charge in [0.1, 0.15) is 0 Å². The van der Waals surface area contributed by atoms with E-state index in [1.54, 1.807) is 11.3 Å². The highest BCUT2D eigenvalue weighted by Crippen LogP contribution is 2.23. The summed E-state index contributed by atoms with van der Waals surface area (Å²) < 4.78 is 3.35. The Hall–Kier alpha value is -1.33. The molecule has 3 nitrogen and oxygen atoms in total. The number of halogens is 1. The van der Waals surface area contributed by atoms with E-state index in [2.05, 4.69) is 37.6 Å². The molecule has 1 aromatic carbocycles. The molecule has 2 heterocycles. The number of nitrogens with zero attached hydrogens (tertiary/aromatic N) is 2. The number of rotatable bonds is 3. The maximum atomic E-state index is 5.75. The number of imidazole rings is 1. The lowest BCUT2D eigenvalue weighted by Crippen LogP contribution is -1.98. The third kappa shape index (κ3) is 2.28. The first-order chi connectivity index (χ1) is 8.72. The minimum absolute atomic E-state index is 0.759. The highest BCUT2D eigenvalue weighted by molar-refractivity contribution is 9.11. The summed E-state index contributed by atoms with van der Waals surface area (Å²) in [6, 6.07) is 10.1. The second-order valence-electron chi connectivity index (χ2n) is 4.14. The van der Waals surface area contributed by atoms with Crippen molar-refractivity contribution in [2.75, 3.05) is 5.73 Å². The van der Waals surface area contributed by atoms with Crippen LogP contribution in [0.2, 0.25) is 0 Å². The Morgan fingerprint density at radius 3 is 2.94 bits per heavy atom. The molecule has 0 aliphatic heterocycles. The minimum atomic E-state index is 0.759. The summed E-state index contributed by atoms with van der Waals surface area (Å²) in [4.78, 5) is 5.75. The van der Waals surface area contributed by atoms with Gasteiger partial charge in [-0.25, -0.2) is 4.98 Å². The third-order valence-electron chi connectivity index (χ3n) is 2.87. The zero-order valence-corrected chi connectivity index (χ0v) is 12.0. The number of hydrogen-bond donors (Lipinski definition) is 1. The Bertz CT molecular complexity index is 686. The number of nitrogen functional groups attached to an aromatic ring is 1. The van der Waals surface area contributed by atoms with Crippen LogP contribution in [0.1, 0.15) is 4.88 Å². The zero-order chi connectivity index (χ0) is 12.5. The molecule has 0 spiro atoms. The van der Waals surface area contributed by atoms with Gasteiger partial charge in [0.05, 0.1) is 21.1 Å². The number of thiophene rings is 1. The molecular weight excluding hydrogens is 310 g/mol. The predicted octanol–water partition coefficient (Wildman–Crippen LogP) is 3.69. The monoisotopic (exact) mass is 321 g/mol. The van der Waals surface area contributed by atoms with Crippen LogP contribution in [0.5, 0.6) is 0 Å². The highest BCUT2D eigenvalue weighted by atomic mass is 79.9. The van der Waals surface area contributed by atoms with Crippen LogP contribution in [0.25, 0.3) is 11.0 Å². The molecule has 2 N–H and O–H groups in total. The van der Waals surface area contributed by atoms with Crippen LogP contribution in [-0.2, 0) is 13.0 Å². The molecule has 0 radical (unpaired) electrons. The van der Waals surface area contributed by atoms with E-state index in [9.17, 15) is 0 Å². The van der Waals surface area contributed by atoms with Crippen LogP contribution in [0.3, 0.4) is 0 Å². The van der Waals surface area contributed by atoms with E-state index >= 15 is 0 Å². The van der Waals surface area contributed by atoms with Gasteiger partial charge in [-0.3, -0.25) is 0 Å². The van der Waals surface area contributed by atoms with Crippen molar-refractivity contribution in [3.63, 3.8) is 0 Å². The van der Waals surface area contributed by atoms with Crippen molar-refractivity contribution in [3.8, 4) is 0 Å². The third-order valence-corrected chi connectivity index (χ3v) is 4.56. The summed E-state index contributed by atoms with van der Waals surface area (Å²) >= 11 is 5.26. The lowest BCUT2D eigenvalue weighted by molar-refractivity contribution is 0.722. The molecule has 3 rings (SSSR count). The van der Waals surface area contributed by atoms with Crippen molar-refractivity contribution in [3.05, 3.63) is 45.3 Å². The summed E-state index contributed by atoms with van der Waals surface area (Å²) in [5.41, 5.74) is 8.61. The first-order valence-electron chi connectivity index (χ1n) is 5.67. The molecule has 0 bridgehead atoms. The fourth-order valence-electron chi connectivity index (χ4n) is 1.98. The van der Waals surface area contributed by atoms with Gasteiger partial charge in [-0.2, -0.15) is 0 Å². The number of nitrogens with two attached hydrogens (primary N) is 1. The first kappa shape index (κ1) is 11.7. The van der Waals surface area contributed by atoms with Gasteiger partial charge in [0.25, 0.3) is 0 Å². The van der Waals surface area contributed by atoms with Crippen molar-refractivity contribution in [2.45, 2.75) is 13.0 Å². The molecule has 0 saturated heterocycles. The number of benzene rings is 1. The molecular formula is C13H12BrN3S. The van der Waals surface area contributed by atoms with Crippen LogP contribution in [0.4, 0.5) is 5.69 Å². The maximum absolute atomic E-state index is 5.75. The molecule has 0 unspecified atom stereocenters. The van der Waals surface area contributed by atoms with E-state index in [0.717, 1.165) is 29.7 Å². The van der Waals surface area contributed by atoms with Gasteiger partial charge in [-0.15, -0.1) is 11.3 Å². The Labute approximate surface area is 117 Å². The largest absolute Gasteiger partial charge is 0.399 e. The van der Waals surface area contributed by atoms with Crippen molar-refractivity contribution >= 4 is 44.0 Å². The average molecular weight is 322 g/mol. The summed E-state index contributed by atoms with van der Waals surface area (Å²) in [7, 11) is 0. The van der Waals surface area contributed by atoms with E-state index in [1.165, 1.54) is 8.66 Å². The number of fused-ring (bicyclic) bond motifs is 1. The van der Waals surface area contributed by atoms with E-state index in [0.29, 0.717) is 0 Å². The van der Waals surface area contributed by atoms with Crippen LogP contribution in [-0.4, -0.2) is 9.55 Å². The van der Waals surface area contributed by atoms with Crippen molar-refractivity contribution < 1.29 is 0 Å². The topological polar surface area (TPSA) is 43.8 Å². The van der Waals surface area contributed by atoms with Gasteiger partial charge in [0, 0.05) is 17.1 Å². The SMILES string of the molecule is Nc1ccc2c(c1)ncn2CCc1ccc(Br)s1. The van der Waals surface area contributed by atoms with Crippen molar-refractivity contribution in [1.29, 1.82) is 0 Å². The maximum Gasteiger partial charge on any atom is 0.0958 e. The Morgan fingerprint density at radius 1 is 1.28 bits per heavy atom. The molecule has 0 aliphatic rings. The lowest BCUT2D eigenvalue weighted by atomic mass is 10.2. The van der Waals surface area contributed by atoms with Gasteiger partial charge in [-0.05, 0) is 52.7 Å². The van der Waals surface area contributed by atoms with Crippen molar-refractivity contribution in [1.82, 2.24) is 9.55 Å². The Balaban J connectivity index is 1.82. The van der Waals surface area contributed by atoms with Crippen LogP contribution >= 0.6 is 27.3 Å². The quantitative estimate of drug-likeness (QED) is 0.748. The van der Waals surface area contributed by atoms with Crippen LogP contribution < -0.4 is 5.73 Å². The molecule has 0 amide bonds. The standard InChI is InChI=1S/C13H12BrN3S/c14-13-4-2-10(18-13)5-6-17-8-16-11-7-9(15)1-3-12(11)17/h1-4,7-8H,5-6,15H2. The number of anilines is 1.